The maximum atomic E-state index is 10.8. The van der Waals surface area contributed by atoms with Gasteiger partial charge in [-0.25, -0.2) is 9.97 Å². The molecule has 5 heteroatoms. The molecule has 0 aromatic carbocycles. The van der Waals surface area contributed by atoms with Gasteiger partial charge in [0.05, 0.1) is 12.5 Å². The van der Waals surface area contributed by atoms with Gasteiger partial charge in [-0.05, 0) is 33.1 Å². The number of nitrogens with zero attached hydrogens (tertiary/aromatic N) is 2. The van der Waals surface area contributed by atoms with E-state index in [9.17, 15) is 4.79 Å². The highest BCUT2D eigenvalue weighted by atomic mass is 16.5. The monoisotopic (exact) mass is 264 g/mol. The van der Waals surface area contributed by atoms with E-state index in [0.717, 1.165) is 48.6 Å². The van der Waals surface area contributed by atoms with Gasteiger partial charge in [0, 0.05) is 30.0 Å². The molecule has 1 aliphatic rings. The van der Waals surface area contributed by atoms with Gasteiger partial charge in [-0.15, -0.1) is 0 Å². The van der Waals surface area contributed by atoms with Crippen LogP contribution < -0.4 is 0 Å². The van der Waals surface area contributed by atoms with Crippen molar-refractivity contribution >= 4 is 5.97 Å². The molecule has 1 atom stereocenters. The molecular weight excluding hydrogens is 244 g/mol. The fourth-order valence-corrected chi connectivity index (χ4v) is 2.48. The van der Waals surface area contributed by atoms with Crippen LogP contribution in [0.4, 0.5) is 0 Å². The van der Waals surface area contributed by atoms with Gasteiger partial charge in [0.25, 0.3) is 0 Å². The van der Waals surface area contributed by atoms with Crippen molar-refractivity contribution in [1.82, 2.24) is 9.97 Å². The lowest BCUT2D eigenvalue weighted by Gasteiger charge is -2.22. The summed E-state index contributed by atoms with van der Waals surface area (Å²) >= 11 is 0. The maximum absolute atomic E-state index is 10.8. The van der Waals surface area contributed by atoms with Gasteiger partial charge < -0.3 is 9.84 Å². The van der Waals surface area contributed by atoms with Gasteiger partial charge in [-0.3, -0.25) is 4.79 Å². The Balaban J connectivity index is 2.12. The van der Waals surface area contributed by atoms with Crippen LogP contribution in [-0.2, 0) is 22.4 Å². The highest BCUT2D eigenvalue weighted by Gasteiger charge is 2.18. The molecule has 104 valence electrons. The molecule has 1 fully saturated rings. The van der Waals surface area contributed by atoms with Crippen LogP contribution in [0.1, 0.15) is 42.0 Å². The molecule has 0 bridgehead atoms. The topological polar surface area (TPSA) is 72.3 Å². The van der Waals surface area contributed by atoms with Crippen LogP contribution in [0, 0.1) is 13.8 Å². The van der Waals surface area contributed by atoms with Crippen molar-refractivity contribution in [3.8, 4) is 0 Å². The molecule has 0 saturated carbocycles. The molecular formula is C14H20N2O3. The summed E-state index contributed by atoms with van der Waals surface area (Å²) in [4.78, 5) is 19.7. The molecule has 0 spiro atoms. The average Bonchev–Trinajstić information content (AvgIpc) is 2.35. The highest BCUT2D eigenvalue weighted by molar-refractivity contribution is 5.70. The molecule has 19 heavy (non-hydrogen) atoms. The summed E-state index contributed by atoms with van der Waals surface area (Å²) in [6.07, 6.45) is 4.29. The van der Waals surface area contributed by atoms with E-state index < -0.39 is 5.97 Å². The Hall–Kier alpha value is -1.49. The molecule has 1 N–H and O–H groups in total. The first kappa shape index (κ1) is 13.9. The number of aliphatic carboxylic acids is 1. The first-order valence-corrected chi connectivity index (χ1v) is 6.72. The molecule has 0 aliphatic carbocycles. The minimum atomic E-state index is -0.849. The summed E-state index contributed by atoms with van der Waals surface area (Å²) in [5.74, 6) is -0.0887. The molecule has 1 aromatic heterocycles. The quantitative estimate of drug-likeness (QED) is 0.898. The summed E-state index contributed by atoms with van der Waals surface area (Å²) in [5, 5.41) is 8.87. The van der Waals surface area contributed by atoms with E-state index in [1.54, 1.807) is 0 Å². The third-order valence-electron chi connectivity index (χ3n) is 3.48. The van der Waals surface area contributed by atoms with Crippen LogP contribution in [0.25, 0.3) is 0 Å². The van der Waals surface area contributed by atoms with E-state index in [1.807, 2.05) is 13.8 Å². The number of hydrogen-bond acceptors (Lipinski definition) is 4. The molecule has 2 heterocycles. The third-order valence-corrected chi connectivity index (χ3v) is 3.48. The normalized spacial score (nSPS) is 19.4. The van der Waals surface area contributed by atoms with Crippen LogP contribution in [0.3, 0.4) is 0 Å². The summed E-state index contributed by atoms with van der Waals surface area (Å²) in [6, 6.07) is 0. The lowest BCUT2D eigenvalue weighted by molar-refractivity contribution is -0.136. The molecule has 2 rings (SSSR count). The van der Waals surface area contributed by atoms with E-state index in [1.165, 1.54) is 6.42 Å². The van der Waals surface area contributed by atoms with E-state index in [4.69, 9.17) is 9.84 Å². The van der Waals surface area contributed by atoms with Gasteiger partial charge >= 0.3 is 5.97 Å². The molecule has 5 nitrogen and oxygen atoms in total. The number of carbonyl (C=O) groups is 1. The Bertz CT molecular complexity index is 445. The second-order valence-corrected chi connectivity index (χ2v) is 5.05. The Morgan fingerprint density at radius 2 is 2.00 bits per heavy atom. The van der Waals surface area contributed by atoms with Crippen LogP contribution in [0.2, 0.25) is 0 Å². The summed E-state index contributed by atoms with van der Waals surface area (Å²) < 4.78 is 5.68. The van der Waals surface area contributed by atoms with Crippen LogP contribution in [0.15, 0.2) is 0 Å². The summed E-state index contributed by atoms with van der Waals surface area (Å²) in [6.45, 7) is 4.51. The van der Waals surface area contributed by atoms with Crippen LogP contribution >= 0.6 is 0 Å². The maximum Gasteiger partial charge on any atom is 0.307 e. The number of carboxylic acids is 1. The molecule has 0 amide bonds. The van der Waals surface area contributed by atoms with Crippen molar-refractivity contribution in [3.05, 3.63) is 22.8 Å². The number of aryl methyl sites for hydroxylation is 2. The fourth-order valence-electron chi connectivity index (χ4n) is 2.48. The second kappa shape index (κ2) is 6.10. The molecule has 1 unspecified atom stereocenters. The first-order chi connectivity index (χ1) is 9.06. The first-order valence-electron chi connectivity index (χ1n) is 6.72. The lowest BCUT2D eigenvalue weighted by atomic mass is 10.0. The average molecular weight is 264 g/mol. The van der Waals surface area contributed by atoms with Crippen LogP contribution in [0.5, 0.6) is 0 Å². The van der Waals surface area contributed by atoms with E-state index in [0.29, 0.717) is 0 Å². The van der Waals surface area contributed by atoms with E-state index >= 15 is 0 Å². The van der Waals surface area contributed by atoms with Crippen molar-refractivity contribution in [2.45, 2.75) is 52.1 Å². The summed E-state index contributed by atoms with van der Waals surface area (Å²) in [5.41, 5.74) is 2.25. The molecule has 1 aromatic rings. The number of carboxylic acid groups (broad SMARTS) is 1. The zero-order valence-electron chi connectivity index (χ0n) is 11.5. The minimum Gasteiger partial charge on any atom is -0.481 e. The van der Waals surface area contributed by atoms with Crippen molar-refractivity contribution in [2.75, 3.05) is 6.61 Å². The Morgan fingerprint density at radius 3 is 2.53 bits per heavy atom. The van der Waals surface area contributed by atoms with Gasteiger partial charge in [0.15, 0.2) is 0 Å². The standard InChI is InChI=1S/C14H20N2O3/c1-9-12(8-14(17)18)10(2)16-13(15-9)7-11-5-3-4-6-19-11/h11H,3-8H2,1-2H3,(H,17,18). The highest BCUT2D eigenvalue weighted by Crippen LogP contribution is 2.17. The van der Waals surface area contributed by atoms with E-state index in [-0.39, 0.29) is 12.5 Å². The number of ether oxygens (including phenoxy) is 1. The fraction of sp³-hybridized carbons (Fsp3) is 0.643. The van der Waals surface area contributed by atoms with Gasteiger partial charge in [0.2, 0.25) is 0 Å². The van der Waals surface area contributed by atoms with Crippen LogP contribution in [-0.4, -0.2) is 33.8 Å². The lowest BCUT2D eigenvalue weighted by Crippen LogP contribution is -2.23. The Kier molecular flexibility index (Phi) is 4.47. The number of rotatable bonds is 4. The number of aromatic nitrogens is 2. The Labute approximate surface area is 113 Å². The zero-order valence-corrected chi connectivity index (χ0v) is 11.5. The summed E-state index contributed by atoms with van der Waals surface area (Å²) in [7, 11) is 0. The predicted molar refractivity (Wildman–Crippen MR) is 70.1 cm³/mol. The smallest absolute Gasteiger partial charge is 0.307 e. The SMILES string of the molecule is Cc1nc(CC2CCCCO2)nc(C)c1CC(=O)O. The van der Waals surface area contributed by atoms with Crippen molar-refractivity contribution < 1.29 is 14.6 Å². The van der Waals surface area contributed by atoms with Gasteiger partial charge in [-0.1, -0.05) is 0 Å². The minimum absolute atomic E-state index is 0.0160. The van der Waals surface area contributed by atoms with Gasteiger partial charge in [-0.2, -0.15) is 0 Å². The zero-order chi connectivity index (χ0) is 13.8. The number of hydrogen-bond donors (Lipinski definition) is 1. The second-order valence-electron chi connectivity index (χ2n) is 5.05. The third kappa shape index (κ3) is 3.73. The largest absolute Gasteiger partial charge is 0.481 e. The Morgan fingerprint density at radius 1 is 1.32 bits per heavy atom. The molecule has 1 saturated heterocycles. The van der Waals surface area contributed by atoms with E-state index in [2.05, 4.69) is 9.97 Å². The molecule has 0 radical (unpaired) electrons. The molecule has 1 aliphatic heterocycles. The van der Waals surface area contributed by atoms with Crippen molar-refractivity contribution in [1.29, 1.82) is 0 Å². The predicted octanol–water partition coefficient (Wildman–Crippen LogP) is 1.83. The van der Waals surface area contributed by atoms with Gasteiger partial charge in [0.1, 0.15) is 5.82 Å². The van der Waals surface area contributed by atoms with Crippen molar-refractivity contribution in [2.24, 2.45) is 0 Å². The van der Waals surface area contributed by atoms with Crippen molar-refractivity contribution in [3.63, 3.8) is 0 Å².